The molecule has 1 N–H and O–H groups in total. The molecule has 3 rings (SSSR count). The molecular formula is C17H23ClN2O4. The maximum Gasteiger partial charge on any atom is 0.238 e. The highest BCUT2D eigenvalue weighted by Gasteiger charge is 2.31. The molecule has 0 saturated carbocycles. The van der Waals surface area contributed by atoms with E-state index in [-0.39, 0.29) is 12.2 Å². The van der Waals surface area contributed by atoms with Crippen molar-refractivity contribution >= 4 is 23.2 Å². The van der Waals surface area contributed by atoms with Gasteiger partial charge in [0.05, 0.1) is 31.9 Å². The minimum atomic E-state index is -0.115. The Morgan fingerprint density at radius 1 is 1.42 bits per heavy atom. The second-order valence-corrected chi connectivity index (χ2v) is 6.55. The van der Waals surface area contributed by atoms with Crippen LogP contribution in [0.3, 0.4) is 0 Å². The van der Waals surface area contributed by atoms with Gasteiger partial charge in [-0.25, -0.2) is 0 Å². The molecule has 1 atom stereocenters. The summed E-state index contributed by atoms with van der Waals surface area (Å²) in [7, 11) is 1.56. The van der Waals surface area contributed by atoms with Gasteiger partial charge in [-0.05, 0) is 37.6 Å². The highest BCUT2D eigenvalue weighted by Crippen LogP contribution is 2.27. The van der Waals surface area contributed by atoms with Crippen LogP contribution >= 0.6 is 11.6 Å². The Labute approximate surface area is 147 Å². The lowest BCUT2D eigenvalue weighted by Gasteiger charge is -2.34. The number of likely N-dealkylation sites (tertiary alicyclic amines) is 1. The van der Waals surface area contributed by atoms with E-state index >= 15 is 0 Å². The highest BCUT2D eigenvalue weighted by atomic mass is 35.5. The Morgan fingerprint density at radius 3 is 2.92 bits per heavy atom. The number of ether oxygens (including phenoxy) is 3. The number of carbonyl (C=O) groups is 1. The second-order valence-electron chi connectivity index (χ2n) is 6.14. The smallest absolute Gasteiger partial charge is 0.238 e. The summed E-state index contributed by atoms with van der Waals surface area (Å²) in [6.45, 7) is 3.42. The summed E-state index contributed by atoms with van der Waals surface area (Å²) in [4.78, 5) is 14.4. The fraction of sp³-hybridized carbons (Fsp3) is 0.588. The van der Waals surface area contributed by atoms with Crippen LogP contribution in [0.25, 0.3) is 0 Å². The molecule has 0 aromatic heterocycles. The summed E-state index contributed by atoms with van der Waals surface area (Å²) < 4.78 is 16.3. The van der Waals surface area contributed by atoms with Gasteiger partial charge in [0.2, 0.25) is 5.91 Å². The SMILES string of the molecule is COc1ccc(NC(=O)CN2CCC[C@@H](C3OCCO3)C2)cc1Cl. The number of benzene rings is 1. The van der Waals surface area contributed by atoms with E-state index in [1.807, 2.05) is 0 Å². The van der Waals surface area contributed by atoms with Crippen LogP contribution in [0.5, 0.6) is 5.75 Å². The van der Waals surface area contributed by atoms with Gasteiger partial charge in [-0.2, -0.15) is 0 Å². The van der Waals surface area contributed by atoms with Crippen molar-refractivity contribution in [2.24, 2.45) is 5.92 Å². The third-order valence-corrected chi connectivity index (χ3v) is 4.67. The molecule has 1 amide bonds. The van der Waals surface area contributed by atoms with Crippen molar-refractivity contribution in [1.29, 1.82) is 0 Å². The van der Waals surface area contributed by atoms with E-state index in [1.54, 1.807) is 25.3 Å². The van der Waals surface area contributed by atoms with Crippen LogP contribution in [-0.2, 0) is 14.3 Å². The summed E-state index contributed by atoms with van der Waals surface area (Å²) in [5.74, 6) is 0.875. The fourth-order valence-electron chi connectivity index (χ4n) is 3.25. The Balaban J connectivity index is 1.51. The molecule has 6 nitrogen and oxygen atoms in total. The Bertz CT molecular complexity index is 578. The Kier molecular flexibility index (Phi) is 5.94. The first-order valence-electron chi connectivity index (χ1n) is 8.24. The molecule has 1 aromatic carbocycles. The van der Waals surface area contributed by atoms with Crippen molar-refractivity contribution < 1.29 is 19.0 Å². The fourth-order valence-corrected chi connectivity index (χ4v) is 3.51. The lowest BCUT2D eigenvalue weighted by atomic mass is 9.97. The first-order chi connectivity index (χ1) is 11.7. The van der Waals surface area contributed by atoms with Gasteiger partial charge in [0, 0.05) is 18.2 Å². The molecule has 7 heteroatoms. The molecule has 0 aliphatic carbocycles. The number of nitrogens with zero attached hydrogens (tertiary/aromatic N) is 1. The van der Waals surface area contributed by atoms with Gasteiger partial charge in [-0.1, -0.05) is 11.6 Å². The first kappa shape index (κ1) is 17.5. The number of halogens is 1. The summed E-state index contributed by atoms with van der Waals surface area (Å²) in [5, 5.41) is 3.36. The molecule has 1 aromatic rings. The number of hydrogen-bond donors (Lipinski definition) is 1. The molecular weight excluding hydrogens is 332 g/mol. The predicted molar refractivity (Wildman–Crippen MR) is 91.5 cm³/mol. The van der Waals surface area contributed by atoms with E-state index in [4.69, 9.17) is 25.8 Å². The van der Waals surface area contributed by atoms with Crippen LogP contribution in [0.15, 0.2) is 18.2 Å². The number of piperidine rings is 1. The number of amides is 1. The molecule has 2 fully saturated rings. The number of hydrogen-bond acceptors (Lipinski definition) is 5. The van der Waals surface area contributed by atoms with Gasteiger partial charge in [0.1, 0.15) is 5.75 Å². The number of anilines is 1. The molecule has 24 heavy (non-hydrogen) atoms. The molecule has 2 heterocycles. The summed E-state index contributed by atoms with van der Waals surface area (Å²) >= 11 is 6.08. The lowest BCUT2D eigenvalue weighted by Crippen LogP contribution is -2.44. The molecule has 132 valence electrons. The van der Waals surface area contributed by atoms with Crippen molar-refractivity contribution in [3.63, 3.8) is 0 Å². The maximum atomic E-state index is 12.3. The maximum absolute atomic E-state index is 12.3. The predicted octanol–water partition coefficient (Wildman–Crippen LogP) is 2.37. The van der Waals surface area contributed by atoms with Crippen LogP contribution in [-0.4, -0.2) is 57.1 Å². The molecule has 2 aliphatic heterocycles. The number of nitrogens with one attached hydrogen (secondary N) is 1. The van der Waals surface area contributed by atoms with E-state index in [0.29, 0.717) is 42.1 Å². The second kappa shape index (κ2) is 8.16. The van der Waals surface area contributed by atoms with Gasteiger partial charge in [-0.15, -0.1) is 0 Å². The summed E-state index contributed by atoms with van der Waals surface area (Å²) in [5.41, 5.74) is 0.668. The molecule has 2 saturated heterocycles. The van der Waals surface area contributed by atoms with Crippen LogP contribution in [0.2, 0.25) is 5.02 Å². The first-order valence-corrected chi connectivity index (χ1v) is 8.62. The summed E-state index contributed by atoms with van der Waals surface area (Å²) in [6, 6.07) is 5.21. The van der Waals surface area contributed by atoms with Crippen LogP contribution in [0.1, 0.15) is 12.8 Å². The van der Waals surface area contributed by atoms with E-state index in [9.17, 15) is 4.79 Å². The standard InChI is InChI=1S/C17H23ClN2O4/c1-22-15-5-4-13(9-14(15)18)19-16(21)11-20-6-2-3-12(10-20)17-23-7-8-24-17/h4-5,9,12,17H,2-3,6-8,10-11H2,1H3,(H,19,21)/t12-/m1/s1. The Hall–Kier alpha value is -1.34. The van der Waals surface area contributed by atoms with Crippen LogP contribution in [0, 0.1) is 5.92 Å². The third kappa shape index (κ3) is 4.39. The van der Waals surface area contributed by atoms with Crippen molar-refractivity contribution in [3.05, 3.63) is 23.2 Å². The topological polar surface area (TPSA) is 60.0 Å². The van der Waals surface area contributed by atoms with Crippen molar-refractivity contribution in [2.45, 2.75) is 19.1 Å². The van der Waals surface area contributed by atoms with Crippen LogP contribution < -0.4 is 10.1 Å². The third-order valence-electron chi connectivity index (χ3n) is 4.38. The molecule has 0 unspecified atom stereocenters. The number of carbonyl (C=O) groups excluding carboxylic acids is 1. The van der Waals surface area contributed by atoms with Gasteiger partial charge < -0.3 is 19.5 Å². The zero-order valence-corrected chi connectivity index (χ0v) is 14.6. The zero-order valence-electron chi connectivity index (χ0n) is 13.8. The molecule has 2 aliphatic rings. The molecule has 0 radical (unpaired) electrons. The van der Waals surface area contributed by atoms with E-state index < -0.39 is 0 Å². The average Bonchev–Trinajstić information content (AvgIpc) is 3.10. The lowest BCUT2D eigenvalue weighted by molar-refractivity contribution is -0.121. The Morgan fingerprint density at radius 2 is 2.21 bits per heavy atom. The van der Waals surface area contributed by atoms with Gasteiger partial charge in [0.15, 0.2) is 6.29 Å². The van der Waals surface area contributed by atoms with Crippen LogP contribution in [0.4, 0.5) is 5.69 Å². The van der Waals surface area contributed by atoms with Gasteiger partial charge >= 0.3 is 0 Å². The van der Waals surface area contributed by atoms with E-state index in [2.05, 4.69) is 10.2 Å². The normalized spacial score (nSPS) is 22.5. The average molecular weight is 355 g/mol. The minimum Gasteiger partial charge on any atom is -0.495 e. The van der Waals surface area contributed by atoms with E-state index in [0.717, 1.165) is 25.9 Å². The quantitative estimate of drug-likeness (QED) is 0.879. The van der Waals surface area contributed by atoms with Gasteiger partial charge in [-0.3, -0.25) is 9.69 Å². The molecule has 0 bridgehead atoms. The number of rotatable bonds is 5. The minimum absolute atomic E-state index is 0.0508. The highest BCUT2D eigenvalue weighted by molar-refractivity contribution is 6.32. The monoisotopic (exact) mass is 354 g/mol. The summed E-state index contributed by atoms with van der Waals surface area (Å²) in [6.07, 6.45) is 2.02. The van der Waals surface area contributed by atoms with Crippen molar-refractivity contribution in [2.75, 3.05) is 45.3 Å². The van der Waals surface area contributed by atoms with Crippen molar-refractivity contribution in [3.8, 4) is 5.75 Å². The van der Waals surface area contributed by atoms with Crippen molar-refractivity contribution in [1.82, 2.24) is 4.90 Å². The van der Waals surface area contributed by atoms with E-state index in [1.165, 1.54) is 0 Å². The van der Waals surface area contributed by atoms with Gasteiger partial charge in [0.25, 0.3) is 0 Å². The zero-order chi connectivity index (χ0) is 16.9. The largest absolute Gasteiger partial charge is 0.495 e. The number of methoxy groups -OCH3 is 1. The molecule has 0 spiro atoms.